The Labute approximate surface area is 158 Å². The zero-order chi connectivity index (χ0) is 20.3. The van der Waals surface area contributed by atoms with Crippen molar-refractivity contribution in [3.05, 3.63) is 54.0 Å². The number of alkyl halides is 3. The average Bonchev–Trinajstić information content (AvgIpc) is 3.30. The van der Waals surface area contributed by atoms with E-state index in [0.717, 1.165) is 12.1 Å². The highest BCUT2D eigenvalue weighted by Crippen LogP contribution is 2.38. The van der Waals surface area contributed by atoms with Gasteiger partial charge in [0.05, 0.1) is 17.6 Å². The van der Waals surface area contributed by atoms with Crippen molar-refractivity contribution in [2.24, 2.45) is 10.7 Å². The number of carbonyl (C=O) groups excluding carboxylic acids is 1. The van der Waals surface area contributed by atoms with Crippen LogP contribution >= 0.6 is 0 Å². The Balaban J connectivity index is 1.96. The smallest absolute Gasteiger partial charge is 0.417 e. The molecule has 0 spiro atoms. The van der Waals surface area contributed by atoms with Gasteiger partial charge in [0.25, 0.3) is 5.91 Å². The van der Waals surface area contributed by atoms with Crippen LogP contribution in [-0.2, 0) is 12.7 Å². The zero-order valence-electron chi connectivity index (χ0n) is 14.9. The highest BCUT2D eigenvalue weighted by atomic mass is 19.4. The lowest BCUT2D eigenvalue weighted by molar-refractivity contribution is -0.136. The minimum atomic E-state index is -4.59. The summed E-state index contributed by atoms with van der Waals surface area (Å²) in [4.78, 5) is 18.4. The van der Waals surface area contributed by atoms with Gasteiger partial charge in [-0.2, -0.15) is 18.2 Å². The number of nitrogens with two attached hydrogens (primary N) is 1. The second-order valence-electron chi connectivity index (χ2n) is 5.90. The van der Waals surface area contributed by atoms with Crippen LogP contribution in [0.1, 0.15) is 16.1 Å². The number of nitrogens with zero attached hydrogens (tertiary/aromatic N) is 2. The Morgan fingerprint density at radius 3 is 2.68 bits per heavy atom. The number of nitrogens with one attached hydrogen (secondary N) is 2. The second-order valence-corrected chi connectivity index (χ2v) is 5.90. The molecule has 2 heterocycles. The van der Waals surface area contributed by atoms with Gasteiger partial charge < -0.3 is 25.3 Å². The van der Waals surface area contributed by atoms with Crippen LogP contribution in [0.2, 0.25) is 0 Å². The second kappa shape index (κ2) is 7.67. The largest absolute Gasteiger partial charge is 0.490 e. The molecule has 7 nitrogen and oxygen atoms in total. The van der Waals surface area contributed by atoms with Crippen molar-refractivity contribution < 1.29 is 22.7 Å². The number of hydrogen-bond donors (Lipinski definition) is 3. The lowest BCUT2D eigenvalue weighted by Crippen LogP contribution is -2.28. The van der Waals surface area contributed by atoms with Crippen molar-refractivity contribution in [3.63, 3.8) is 0 Å². The fraction of sp³-hybridized carbons (Fsp3) is 0.222. The fourth-order valence-corrected chi connectivity index (χ4v) is 2.68. The molecule has 0 aliphatic carbocycles. The normalized spacial score (nSPS) is 12.4. The van der Waals surface area contributed by atoms with Crippen molar-refractivity contribution in [2.45, 2.75) is 12.7 Å². The molecule has 10 heteroatoms. The number of aliphatic imine (C=N–C) groups is 1. The summed E-state index contributed by atoms with van der Waals surface area (Å²) in [6.07, 6.45) is -0.889. The van der Waals surface area contributed by atoms with E-state index in [1.165, 1.54) is 13.1 Å². The summed E-state index contributed by atoms with van der Waals surface area (Å²) >= 11 is 0. The molecule has 0 saturated carbocycles. The molecule has 148 valence electrons. The van der Waals surface area contributed by atoms with Crippen molar-refractivity contribution >= 4 is 22.8 Å². The van der Waals surface area contributed by atoms with Gasteiger partial charge in [0.2, 0.25) is 0 Å². The monoisotopic (exact) mass is 393 g/mol. The minimum absolute atomic E-state index is 0.0731. The van der Waals surface area contributed by atoms with E-state index in [4.69, 9.17) is 10.5 Å². The molecule has 1 aromatic carbocycles. The molecule has 2 aromatic heterocycles. The maximum atomic E-state index is 13.4. The summed E-state index contributed by atoms with van der Waals surface area (Å²) < 4.78 is 47.6. The maximum Gasteiger partial charge on any atom is 0.417 e. The van der Waals surface area contributed by atoms with Crippen LogP contribution in [0, 0.1) is 0 Å². The first kappa shape index (κ1) is 19.3. The van der Waals surface area contributed by atoms with Gasteiger partial charge in [-0.1, -0.05) is 0 Å². The number of fused-ring (bicyclic) bond motifs is 1. The van der Waals surface area contributed by atoms with Crippen LogP contribution in [0.25, 0.3) is 10.9 Å². The van der Waals surface area contributed by atoms with Crippen LogP contribution in [-0.4, -0.2) is 35.1 Å². The van der Waals surface area contributed by atoms with E-state index in [1.807, 2.05) is 29.1 Å². The third-order valence-corrected chi connectivity index (χ3v) is 4.04. The summed E-state index contributed by atoms with van der Waals surface area (Å²) in [7, 11) is 1.47. The number of benzene rings is 1. The molecule has 0 radical (unpaired) electrons. The number of ether oxygens (including phenoxy) is 1. The summed E-state index contributed by atoms with van der Waals surface area (Å²) in [6, 6.07) is 6.98. The van der Waals surface area contributed by atoms with Crippen molar-refractivity contribution in [2.75, 3.05) is 13.7 Å². The molecule has 0 aliphatic heterocycles. The summed E-state index contributed by atoms with van der Waals surface area (Å²) in [6.45, 7) is 0.757. The summed E-state index contributed by atoms with van der Waals surface area (Å²) in [5.74, 6) is -0.739. The molecule has 0 unspecified atom stereocenters. The molecule has 0 atom stereocenters. The first-order valence-electron chi connectivity index (χ1n) is 8.32. The Bertz CT molecular complexity index is 1010. The van der Waals surface area contributed by atoms with E-state index in [-0.39, 0.29) is 34.9 Å². The van der Waals surface area contributed by atoms with Gasteiger partial charge >= 0.3 is 6.18 Å². The molecular formula is C18H18F3N5O2. The number of guanidine groups is 1. The van der Waals surface area contributed by atoms with Crippen LogP contribution in [0.4, 0.5) is 13.2 Å². The van der Waals surface area contributed by atoms with E-state index in [0.29, 0.717) is 6.54 Å². The van der Waals surface area contributed by atoms with E-state index in [2.05, 4.69) is 15.3 Å². The predicted octanol–water partition coefficient (Wildman–Crippen LogP) is 2.74. The van der Waals surface area contributed by atoms with E-state index < -0.39 is 17.6 Å². The molecule has 3 rings (SSSR count). The Morgan fingerprint density at radius 1 is 1.32 bits per heavy atom. The topological polar surface area (TPSA) is 97.4 Å². The molecule has 0 fully saturated rings. The van der Waals surface area contributed by atoms with Gasteiger partial charge in [-0.05, 0) is 30.3 Å². The molecular weight excluding hydrogens is 375 g/mol. The van der Waals surface area contributed by atoms with Crippen LogP contribution in [0.5, 0.6) is 5.75 Å². The fourth-order valence-electron chi connectivity index (χ4n) is 2.68. The van der Waals surface area contributed by atoms with Crippen molar-refractivity contribution in [3.8, 4) is 5.75 Å². The number of rotatable bonds is 5. The van der Waals surface area contributed by atoms with Crippen LogP contribution < -0.4 is 15.8 Å². The lowest BCUT2D eigenvalue weighted by Gasteiger charge is -2.12. The predicted molar refractivity (Wildman–Crippen MR) is 98.2 cm³/mol. The number of aromatic amines is 1. The number of H-pyrrole nitrogens is 1. The third-order valence-electron chi connectivity index (χ3n) is 4.04. The number of aromatic nitrogens is 2. The molecule has 0 aliphatic rings. The highest BCUT2D eigenvalue weighted by molar-refractivity contribution is 6.05. The van der Waals surface area contributed by atoms with E-state index >= 15 is 0 Å². The molecule has 3 aromatic rings. The Hall–Kier alpha value is -3.43. The van der Waals surface area contributed by atoms with E-state index in [1.54, 1.807) is 0 Å². The first-order valence-corrected chi connectivity index (χ1v) is 8.32. The van der Waals surface area contributed by atoms with Gasteiger partial charge in [0.1, 0.15) is 18.1 Å². The van der Waals surface area contributed by atoms with Gasteiger partial charge in [-0.3, -0.25) is 4.79 Å². The SMILES string of the molecule is CNC(N)=NC(=O)c1cc2c(C(F)(F)F)ccc(OCCn3cccc3)c2[nH]1. The molecule has 0 bridgehead atoms. The molecule has 1 amide bonds. The van der Waals surface area contributed by atoms with Crippen LogP contribution in [0.15, 0.2) is 47.7 Å². The lowest BCUT2D eigenvalue weighted by atomic mass is 10.1. The number of halogens is 3. The summed E-state index contributed by atoms with van der Waals surface area (Å²) in [5.41, 5.74) is 4.52. The Morgan fingerprint density at radius 2 is 2.04 bits per heavy atom. The number of hydrogen-bond acceptors (Lipinski definition) is 2. The number of amides is 1. The molecule has 4 N–H and O–H groups in total. The third kappa shape index (κ3) is 4.11. The zero-order valence-corrected chi connectivity index (χ0v) is 14.9. The van der Waals surface area contributed by atoms with Gasteiger partial charge in [0, 0.05) is 24.8 Å². The van der Waals surface area contributed by atoms with Gasteiger partial charge in [-0.25, -0.2) is 0 Å². The average molecular weight is 393 g/mol. The summed E-state index contributed by atoms with van der Waals surface area (Å²) in [5, 5.41) is 2.30. The standard InChI is InChI=1S/C18H18F3N5O2/c1-23-17(22)25-16(27)13-10-11-12(18(19,20)21)4-5-14(15(11)24-13)28-9-8-26-6-2-3-7-26/h2-7,10,24H,8-9H2,1H3,(H3,22,23,25,27). The molecule has 0 saturated heterocycles. The Kier molecular flexibility index (Phi) is 5.30. The van der Waals surface area contributed by atoms with Crippen molar-refractivity contribution in [1.82, 2.24) is 14.9 Å². The number of carbonyl (C=O) groups is 1. The first-order chi connectivity index (χ1) is 13.3. The van der Waals surface area contributed by atoms with Gasteiger partial charge in [-0.15, -0.1) is 0 Å². The van der Waals surface area contributed by atoms with Gasteiger partial charge in [0.15, 0.2) is 5.96 Å². The maximum absolute atomic E-state index is 13.4. The quantitative estimate of drug-likeness (QED) is 0.459. The highest BCUT2D eigenvalue weighted by Gasteiger charge is 2.34. The van der Waals surface area contributed by atoms with E-state index in [9.17, 15) is 18.0 Å². The van der Waals surface area contributed by atoms with Crippen LogP contribution in [0.3, 0.4) is 0 Å². The minimum Gasteiger partial charge on any atom is -0.490 e. The molecule has 28 heavy (non-hydrogen) atoms. The van der Waals surface area contributed by atoms with Crippen molar-refractivity contribution in [1.29, 1.82) is 0 Å².